The van der Waals surface area contributed by atoms with Crippen LogP contribution in [0.25, 0.3) is 0 Å². The molecule has 2 aromatic carbocycles. The molecule has 1 N–H and O–H groups in total. The predicted molar refractivity (Wildman–Crippen MR) is 98.1 cm³/mol. The molecule has 26 heavy (non-hydrogen) atoms. The van der Waals surface area contributed by atoms with Crippen LogP contribution in [0.3, 0.4) is 0 Å². The Bertz CT molecular complexity index is 829. The Morgan fingerprint density at radius 3 is 2.77 bits per heavy atom. The van der Waals surface area contributed by atoms with Gasteiger partial charge in [-0.25, -0.2) is 0 Å². The first-order valence-corrected chi connectivity index (χ1v) is 9.01. The van der Waals surface area contributed by atoms with E-state index in [1.165, 1.54) is 13.0 Å². The number of hydrogen-bond donors (Lipinski definition) is 1. The molecule has 2 aliphatic rings. The molecule has 5 nitrogen and oxygen atoms in total. The van der Waals surface area contributed by atoms with E-state index in [0.29, 0.717) is 22.6 Å². The minimum absolute atomic E-state index is 0.0319. The summed E-state index contributed by atoms with van der Waals surface area (Å²) in [5.41, 5.74) is 1.19. The fourth-order valence-corrected chi connectivity index (χ4v) is 3.87. The molecule has 0 aromatic heterocycles. The average molecular weight is 347 g/mol. The zero-order valence-electron chi connectivity index (χ0n) is 14.5. The molecule has 2 fully saturated rings. The van der Waals surface area contributed by atoms with Gasteiger partial charge >= 0.3 is 0 Å². The van der Waals surface area contributed by atoms with Gasteiger partial charge in [0.25, 0.3) is 5.91 Å². The van der Waals surface area contributed by atoms with Gasteiger partial charge in [0.2, 0.25) is 0 Å². The molecule has 4 rings (SSSR count). The zero-order chi connectivity index (χ0) is 17.9. The summed E-state index contributed by atoms with van der Waals surface area (Å²) >= 11 is 0. The number of benzene rings is 2. The highest BCUT2D eigenvalue weighted by atomic mass is 16.5. The summed E-state index contributed by atoms with van der Waals surface area (Å²) in [5, 5.41) is 12.1. The number of hydrogen-bond acceptors (Lipinski definition) is 4. The van der Waals surface area contributed by atoms with Crippen molar-refractivity contribution < 1.29 is 9.53 Å². The Morgan fingerprint density at radius 2 is 2.00 bits per heavy atom. The van der Waals surface area contributed by atoms with E-state index in [2.05, 4.69) is 16.3 Å². The Morgan fingerprint density at radius 1 is 1.15 bits per heavy atom. The number of carbonyl (C=O) groups excluding carboxylic acids is 1. The van der Waals surface area contributed by atoms with Crippen molar-refractivity contribution in [2.45, 2.75) is 18.9 Å². The third-order valence-electron chi connectivity index (χ3n) is 5.12. The van der Waals surface area contributed by atoms with Crippen LogP contribution in [-0.4, -0.2) is 36.5 Å². The van der Waals surface area contributed by atoms with E-state index in [1.807, 2.05) is 0 Å². The third-order valence-corrected chi connectivity index (χ3v) is 5.12. The molecule has 2 aliphatic heterocycles. The van der Waals surface area contributed by atoms with Gasteiger partial charge in [-0.3, -0.25) is 4.79 Å². The smallest absolute Gasteiger partial charge is 0.251 e. The summed E-state index contributed by atoms with van der Waals surface area (Å²) in [5.74, 6) is 1.94. The molecule has 1 amide bonds. The number of ether oxygens (including phenoxy) is 1. The maximum atomic E-state index is 12.5. The lowest BCUT2D eigenvalue weighted by molar-refractivity contribution is 0.0909. The highest BCUT2D eigenvalue weighted by Gasteiger charge is 2.32. The van der Waals surface area contributed by atoms with Crippen molar-refractivity contribution in [1.29, 1.82) is 5.26 Å². The molecule has 1 unspecified atom stereocenters. The topological polar surface area (TPSA) is 65.4 Å². The first-order chi connectivity index (χ1) is 12.7. The van der Waals surface area contributed by atoms with Crippen LogP contribution in [0.4, 0.5) is 0 Å². The molecule has 2 aromatic rings. The van der Waals surface area contributed by atoms with Gasteiger partial charge < -0.3 is 15.0 Å². The van der Waals surface area contributed by atoms with Crippen molar-refractivity contribution in [2.75, 3.05) is 19.6 Å². The second-order valence-electron chi connectivity index (χ2n) is 7.09. The van der Waals surface area contributed by atoms with Crippen LogP contribution in [0.15, 0.2) is 48.5 Å². The number of nitrogens with zero attached hydrogens (tertiary/aromatic N) is 2. The van der Waals surface area contributed by atoms with Crippen LogP contribution >= 0.6 is 0 Å². The predicted octanol–water partition coefficient (Wildman–Crippen LogP) is 3.17. The van der Waals surface area contributed by atoms with Crippen molar-refractivity contribution in [1.82, 2.24) is 10.2 Å². The van der Waals surface area contributed by atoms with Crippen molar-refractivity contribution in [3.05, 3.63) is 59.7 Å². The molecule has 5 heteroatoms. The maximum Gasteiger partial charge on any atom is 0.251 e. The second-order valence-corrected chi connectivity index (χ2v) is 7.09. The number of fused-ring (bicyclic) bond motifs is 2. The standard InChI is InChI=1S/C21H21N3O2/c22-12-15-2-1-3-20(11-15)26-19-6-4-17(5-7-19)21(25)23-18-10-16-8-9-24(13-16)14-18/h1-7,11,16,18H,8-10,13-14H2,(H,23,25)/t16-,18-/m1/s1. The molecular formula is C21H21N3O2. The maximum absolute atomic E-state index is 12.5. The van der Waals surface area contributed by atoms with Gasteiger partial charge in [0, 0.05) is 24.7 Å². The minimum Gasteiger partial charge on any atom is -0.457 e. The number of carbonyl (C=O) groups is 1. The largest absolute Gasteiger partial charge is 0.457 e. The van der Waals surface area contributed by atoms with Crippen molar-refractivity contribution in [3.8, 4) is 17.6 Å². The van der Waals surface area contributed by atoms with Gasteiger partial charge in [0.1, 0.15) is 11.5 Å². The van der Waals surface area contributed by atoms with Crippen LogP contribution in [0, 0.1) is 17.2 Å². The minimum atomic E-state index is -0.0319. The lowest BCUT2D eigenvalue weighted by Gasteiger charge is -2.30. The number of nitrogens with one attached hydrogen (secondary N) is 1. The lowest BCUT2D eigenvalue weighted by atomic mass is 9.96. The third kappa shape index (κ3) is 3.71. The molecule has 2 bridgehead atoms. The molecule has 0 spiro atoms. The van der Waals surface area contributed by atoms with Crippen LogP contribution < -0.4 is 10.1 Å². The highest BCUT2D eigenvalue weighted by Crippen LogP contribution is 2.27. The summed E-state index contributed by atoms with van der Waals surface area (Å²) in [6.45, 7) is 3.31. The van der Waals surface area contributed by atoms with E-state index in [0.717, 1.165) is 25.4 Å². The molecule has 0 radical (unpaired) electrons. The fraction of sp³-hybridized carbons (Fsp3) is 0.333. The molecular weight excluding hydrogens is 326 g/mol. The van der Waals surface area contributed by atoms with E-state index < -0.39 is 0 Å². The van der Waals surface area contributed by atoms with E-state index in [9.17, 15) is 4.79 Å². The Labute approximate surface area is 153 Å². The van der Waals surface area contributed by atoms with Crippen molar-refractivity contribution in [3.63, 3.8) is 0 Å². The molecule has 132 valence electrons. The van der Waals surface area contributed by atoms with Gasteiger partial charge in [0.15, 0.2) is 0 Å². The summed E-state index contributed by atoms with van der Waals surface area (Å²) in [6.07, 6.45) is 2.34. The van der Waals surface area contributed by atoms with E-state index in [4.69, 9.17) is 10.00 Å². The van der Waals surface area contributed by atoms with Gasteiger partial charge in [-0.1, -0.05) is 6.07 Å². The van der Waals surface area contributed by atoms with Gasteiger partial charge in [0.05, 0.1) is 11.6 Å². The molecule has 0 aliphatic carbocycles. The second kappa shape index (κ2) is 7.19. The molecule has 2 heterocycles. The summed E-state index contributed by atoms with van der Waals surface area (Å²) < 4.78 is 5.75. The molecule has 3 atom stereocenters. The van der Waals surface area contributed by atoms with E-state index in [1.54, 1.807) is 48.5 Å². The van der Waals surface area contributed by atoms with Crippen LogP contribution in [-0.2, 0) is 0 Å². The summed E-state index contributed by atoms with van der Waals surface area (Å²) in [7, 11) is 0. The Hall–Kier alpha value is -2.84. The van der Waals surface area contributed by atoms with Crippen molar-refractivity contribution >= 4 is 5.91 Å². The lowest BCUT2D eigenvalue weighted by Crippen LogP contribution is -2.46. The van der Waals surface area contributed by atoms with Gasteiger partial charge in [-0.15, -0.1) is 0 Å². The normalized spacial score (nSPS) is 23.9. The fourth-order valence-electron chi connectivity index (χ4n) is 3.87. The first kappa shape index (κ1) is 16.6. The Kier molecular flexibility index (Phi) is 4.59. The first-order valence-electron chi connectivity index (χ1n) is 9.01. The Balaban J connectivity index is 1.37. The highest BCUT2D eigenvalue weighted by molar-refractivity contribution is 5.94. The van der Waals surface area contributed by atoms with Crippen molar-refractivity contribution in [2.24, 2.45) is 5.92 Å². The van der Waals surface area contributed by atoms with Gasteiger partial charge in [-0.05, 0) is 67.8 Å². The summed E-state index contributed by atoms with van der Waals surface area (Å²) in [4.78, 5) is 14.9. The van der Waals surface area contributed by atoms with Crippen LogP contribution in [0.5, 0.6) is 11.5 Å². The molecule has 0 saturated carbocycles. The van der Waals surface area contributed by atoms with E-state index in [-0.39, 0.29) is 11.9 Å². The zero-order valence-corrected chi connectivity index (χ0v) is 14.5. The number of amides is 1. The summed E-state index contributed by atoms with van der Waals surface area (Å²) in [6, 6.07) is 16.4. The number of nitriles is 1. The SMILES string of the molecule is N#Cc1cccc(Oc2ccc(C(=O)N[C@@H]3C[C@H]4CCN(C4)C3)cc2)c1. The average Bonchev–Trinajstić information content (AvgIpc) is 3.00. The monoisotopic (exact) mass is 347 g/mol. The van der Waals surface area contributed by atoms with E-state index >= 15 is 0 Å². The quantitative estimate of drug-likeness (QED) is 0.922. The van der Waals surface area contributed by atoms with Gasteiger partial charge in [-0.2, -0.15) is 5.26 Å². The van der Waals surface area contributed by atoms with Crippen LogP contribution in [0.2, 0.25) is 0 Å². The number of piperidine rings is 1. The van der Waals surface area contributed by atoms with Crippen LogP contribution in [0.1, 0.15) is 28.8 Å². The number of rotatable bonds is 4. The molecule has 2 saturated heterocycles.